The monoisotopic (exact) mass is 261 g/mol. The van der Waals surface area contributed by atoms with Gasteiger partial charge in [0.15, 0.2) is 0 Å². The molecule has 1 atom stereocenters. The fraction of sp³-hybridized carbons (Fsp3) is 0.571. The largest absolute Gasteiger partial charge is 0.342 e. The summed E-state index contributed by atoms with van der Waals surface area (Å²) in [5.74, 6) is 1.02. The lowest BCUT2D eigenvalue weighted by Gasteiger charge is -2.16. The highest BCUT2D eigenvalue weighted by Gasteiger charge is 2.11. The maximum absolute atomic E-state index is 4.37. The molecule has 0 aliphatic rings. The number of rotatable bonds is 7. The van der Waals surface area contributed by atoms with Crippen molar-refractivity contribution in [2.24, 2.45) is 0 Å². The second-order valence-corrected chi connectivity index (χ2v) is 4.74. The molecule has 0 aliphatic carbocycles. The number of hydrogen-bond acceptors (Lipinski definition) is 3. The van der Waals surface area contributed by atoms with Gasteiger partial charge in [0.05, 0.1) is 6.54 Å². The molecule has 0 bridgehead atoms. The van der Waals surface area contributed by atoms with Crippen molar-refractivity contribution in [1.82, 2.24) is 24.6 Å². The van der Waals surface area contributed by atoms with E-state index in [2.05, 4.69) is 59.1 Å². The van der Waals surface area contributed by atoms with Gasteiger partial charge >= 0.3 is 0 Å². The Hall–Kier alpha value is -1.62. The fourth-order valence-electron chi connectivity index (χ4n) is 2.34. The number of aryl methyl sites for hydroxylation is 1. The predicted octanol–water partition coefficient (Wildman–Crippen LogP) is 2.21. The van der Waals surface area contributed by atoms with Crippen LogP contribution in [0.25, 0.3) is 0 Å². The summed E-state index contributed by atoms with van der Waals surface area (Å²) in [6, 6.07) is 4.60. The van der Waals surface area contributed by atoms with E-state index in [-0.39, 0.29) is 0 Å². The Kier molecular flexibility index (Phi) is 4.74. The molecule has 0 aromatic carbocycles. The zero-order valence-corrected chi connectivity index (χ0v) is 12.0. The quantitative estimate of drug-likeness (QED) is 0.831. The molecule has 104 valence electrons. The SMILES string of the molecule is CCCn1ncnc1Cn1cccc1C(C)NCC. The molecule has 2 aromatic heterocycles. The summed E-state index contributed by atoms with van der Waals surface area (Å²) in [7, 11) is 0. The highest BCUT2D eigenvalue weighted by atomic mass is 15.3. The number of nitrogens with zero attached hydrogens (tertiary/aromatic N) is 4. The fourth-order valence-corrected chi connectivity index (χ4v) is 2.34. The van der Waals surface area contributed by atoms with Crippen molar-refractivity contribution >= 4 is 0 Å². The van der Waals surface area contributed by atoms with Crippen LogP contribution in [0.3, 0.4) is 0 Å². The van der Waals surface area contributed by atoms with Gasteiger partial charge in [-0.05, 0) is 32.0 Å². The van der Waals surface area contributed by atoms with Crippen LogP contribution in [0.2, 0.25) is 0 Å². The molecule has 1 unspecified atom stereocenters. The summed E-state index contributed by atoms with van der Waals surface area (Å²) >= 11 is 0. The normalized spacial score (nSPS) is 12.8. The van der Waals surface area contributed by atoms with E-state index < -0.39 is 0 Å². The molecular weight excluding hydrogens is 238 g/mol. The Morgan fingerprint density at radius 2 is 2.21 bits per heavy atom. The molecule has 2 heterocycles. The van der Waals surface area contributed by atoms with Gasteiger partial charge in [-0.1, -0.05) is 13.8 Å². The summed E-state index contributed by atoms with van der Waals surface area (Å²) in [6.07, 6.45) is 4.82. The average molecular weight is 261 g/mol. The van der Waals surface area contributed by atoms with Crippen molar-refractivity contribution in [3.63, 3.8) is 0 Å². The third kappa shape index (κ3) is 3.23. The molecule has 0 fully saturated rings. The van der Waals surface area contributed by atoms with Gasteiger partial charge in [-0.25, -0.2) is 9.67 Å². The molecule has 2 rings (SSSR count). The summed E-state index contributed by atoms with van der Waals surface area (Å²) in [6.45, 7) is 9.14. The third-order valence-corrected chi connectivity index (χ3v) is 3.26. The lowest BCUT2D eigenvalue weighted by molar-refractivity contribution is 0.523. The van der Waals surface area contributed by atoms with Crippen molar-refractivity contribution in [2.75, 3.05) is 6.54 Å². The van der Waals surface area contributed by atoms with E-state index in [1.54, 1.807) is 6.33 Å². The van der Waals surface area contributed by atoms with Crippen LogP contribution in [0.15, 0.2) is 24.7 Å². The van der Waals surface area contributed by atoms with Gasteiger partial charge in [0.25, 0.3) is 0 Å². The van der Waals surface area contributed by atoms with Crippen molar-refractivity contribution in [1.29, 1.82) is 0 Å². The summed E-state index contributed by atoms with van der Waals surface area (Å²) in [4.78, 5) is 4.37. The zero-order valence-electron chi connectivity index (χ0n) is 12.0. The van der Waals surface area contributed by atoms with Crippen LogP contribution in [-0.4, -0.2) is 25.9 Å². The second kappa shape index (κ2) is 6.52. The summed E-state index contributed by atoms with van der Waals surface area (Å²) in [5, 5.41) is 7.72. The molecular formula is C14H23N5. The van der Waals surface area contributed by atoms with Crippen LogP contribution < -0.4 is 5.32 Å². The Labute approximate surface area is 114 Å². The minimum atomic E-state index is 0.350. The molecule has 0 aliphatic heterocycles. The van der Waals surface area contributed by atoms with Crippen LogP contribution in [0, 0.1) is 0 Å². The number of aromatic nitrogens is 4. The first-order valence-electron chi connectivity index (χ1n) is 7.01. The minimum Gasteiger partial charge on any atom is -0.342 e. The standard InChI is InChI=1S/C14H23N5/c1-4-8-19-14(16-11-17-19)10-18-9-6-7-13(18)12(3)15-5-2/h6-7,9,11-12,15H,4-5,8,10H2,1-3H3. The van der Waals surface area contributed by atoms with E-state index in [0.717, 1.165) is 31.9 Å². The average Bonchev–Trinajstić information content (AvgIpc) is 3.01. The molecule has 0 saturated carbocycles. The molecule has 2 aromatic rings. The molecule has 0 spiro atoms. The molecule has 19 heavy (non-hydrogen) atoms. The Bertz CT molecular complexity index is 499. The Morgan fingerprint density at radius 3 is 2.95 bits per heavy atom. The van der Waals surface area contributed by atoms with Crippen LogP contribution in [-0.2, 0) is 13.1 Å². The maximum Gasteiger partial charge on any atom is 0.146 e. The molecule has 0 amide bonds. The summed E-state index contributed by atoms with van der Waals surface area (Å²) < 4.78 is 4.23. The van der Waals surface area contributed by atoms with Gasteiger partial charge in [0, 0.05) is 24.5 Å². The molecule has 5 heteroatoms. The van der Waals surface area contributed by atoms with Gasteiger partial charge in [-0.2, -0.15) is 5.10 Å². The van der Waals surface area contributed by atoms with Crippen molar-refractivity contribution < 1.29 is 0 Å². The first-order chi connectivity index (χ1) is 9.26. The molecule has 0 saturated heterocycles. The van der Waals surface area contributed by atoms with Gasteiger partial charge < -0.3 is 9.88 Å². The first-order valence-corrected chi connectivity index (χ1v) is 7.01. The predicted molar refractivity (Wildman–Crippen MR) is 75.9 cm³/mol. The van der Waals surface area contributed by atoms with Crippen LogP contribution >= 0.6 is 0 Å². The molecule has 0 radical (unpaired) electrons. The van der Waals surface area contributed by atoms with Gasteiger partial charge in [-0.15, -0.1) is 0 Å². The van der Waals surface area contributed by atoms with E-state index in [4.69, 9.17) is 0 Å². The number of nitrogens with one attached hydrogen (secondary N) is 1. The highest BCUT2D eigenvalue weighted by molar-refractivity contribution is 5.12. The van der Waals surface area contributed by atoms with E-state index in [1.807, 2.05) is 4.68 Å². The van der Waals surface area contributed by atoms with E-state index in [0.29, 0.717) is 6.04 Å². The van der Waals surface area contributed by atoms with E-state index in [9.17, 15) is 0 Å². The summed E-state index contributed by atoms with van der Waals surface area (Å²) in [5.41, 5.74) is 1.29. The van der Waals surface area contributed by atoms with Crippen molar-refractivity contribution in [3.8, 4) is 0 Å². The van der Waals surface area contributed by atoms with Gasteiger partial charge in [0.1, 0.15) is 12.2 Å². The third-order valence-electron chi connectivity index (χ3n) is 3.26. The Balaban J connectivity index is 2.15. The second-order valence-electron chi connectivity index (χ2n) is 4.74. The smallest absolute Gasteiger partial charge is 0.146 e. The molecule has 5 nitrogen and oxygen atoms in total. The lowest BCUT2D eigenvalue weighted by Crippen LogP contribution is -2.21. The topological polar surface area (TPSA) is 47.7 Å². The highest BCUT2D eigenvalue weighted by Crippen LogP contribution is 2.14. The van der Waals surface area contributed by atoms with Crippen LogP contribution in [0.5, 0.6) is 0 Å². The first kappa shape index (κ1) is 13.8. The lowest BCUT2D eigenvalue weighted by atomic mass is 10.2. The molecule has 1 N–H and O–H groups in total. The van der Waals surface area contributed by atoms with Crippen molar-refractivity contribution in [3.05, 3.63) is 36.2 Å². The van der Waals surface area contributed by atoms with Crippen LogP contribution in [0.1, 0.15) is 44.8 Å². The van der Waals surface area contributed by atoms with E-state index >= 15 is 0 Å². The zero-order chi connectivity index (χ0) is 13.7. The van der Waals surface area contributed by atoms with Crippen LogP contribution in [0.4, 0.5) is 0 Å². The minimum absolute atomic E-state index is 0.350. The maximum atomic E-state index is 4.37. The van der Waals surface area contributed by atoms with Crippen molar-refractivity contribution in [2.45, 2.75) is 46.3 Å². The van der Waals surface area contributed by atoms with Gasteiger partial charge in [0.2, 0.25) is 0 Å². The number of hydrogen-bond donors (Lipinski definition) is 1. The van der Waals surface area contributed by atoms with Gasteiger partial charge in [-0.3, -0.25) is 0 Å². The van der Waals surface area contributed by atoms with E-state index in [1.165, 1.54) is 5.69 Å². The Morgan fingerprint density at radius 1 is 1.37 bits per heavy atom.